The smallest absolute Gasteiger partial charge is 0.235 e. The normalized spacial score (nSPS) is 42.9. The van der Waals surface area contributed by atoms with Gasteiger partial charge in [0.05, 0.1) is 24.0 Å². The second-order valence-electron chi connectivity index (χ2n) is 4.67. The van der Waals surface area contributed by atoms with E-state index >= 15 is 0 Å². The summed E-state index contributed by atoms with van der Waals surface area (Å²) in [6.07, 6.45) is 2.79. The highest BCUT2D eigenvalue weighted by atomic mass is 16.5. The molecule has 0 saturated carbocycles. The summed E-state index contributed by atoms with van der Waals surface area (Å²) in [5.74, 6) is -0.274. The van der Waals surface area contributed by atoms with Crippen molar-refractivity contribution in [3.05, 3.63) is 0 Å². The highest BCUT2D eigenvalue weighted by Crippen LogP contribution is 2.48. The summed E-state index contributed by atoms with van der Waals surface area (Å²) in [6.45, 7) is 2.56. The number of amides is 2. The first-order valence-electron chi connectivity index (χ1n) is 5.74. The first-order valence-corrected chi connectivity index (χ1v) is 5.74. The van der Waals surface area contributed by atoms with E-state index in [-0.39, 0.29) is 35.9 Å². The summed E-state index contributed by atoms with van der Waals surface area (Å²) >= 11 is 0. The molecule has 4 atom stereocenters. The molecule has 3 aliphatic rings. The van der Waals surface area contributed by atoms with E-state index in [0.717, 1.165) is 19.3 Å². The van der Waals surface area contributed by atoms with Crippen LogP contribution in [-0.4, -0.2) is 35.5 Å². The number of hydrogen-bond acceptors (Lipinski definition) is 3. The third-order valence-corrected chi connectivity index (χ3v) is 3.82. The minimum Gasteiger partial charge on any atom is -0.373 e. The lowest BCUT2D eigenvalue weighted by Gasteiger charge is -2.15. The first kappa shape index (κ1) is 9.33. The van der Waals surface area contributed by atoms with E-state index in [1.54, 1.807) is 0 Å². The predicted octanol–water partition coefficient (Wildman–Crippen LogP) is 0.559. The van der Waals surface area contributed by atoms with Crippen molar-refractivity contribution < 1.29 is 14.3 Å². The molecule has 0 radical (unpaired) electrons. The van der Waals surface area contributed by atoms with Gasteiger partial charge in [0.2, 0.25) is 11.8 Å². The Kier molecular flexibility index (Phi) is 1.89. The second-order valence-corrected chi connectivity index (χ2v) is 4.67. The maximum absolute atomic E-state index is 12.0. The molecule has 0 spiro atoms. The second kappa shape index (κ2) is 3.04. The van der Waals surface area contributed by atoms with Crippen molar-refractivity contribution in [3.8, 4) is 0 Å². The van der Waals surface area contributed by atoms with Gasteiger partial charge in [0.25, 0.3) is 0 Å². The lowest BCUT2D eigenvalue weighted by molar-refractivity contribution is -0.142. The fourth-order valence-corrected chi connectivity index (χ4v) is 3.22. The van der Waals surface area contributed by atoms with Crippen LogP contribution in [0.5, 0.6) is 0 Å². The number of ether oxygens (including phenoxy) is 1. The maximum Gasteiger partial charge on any atom is 0.235 e. The van der Waals surface area contributed by atoms with Gasteiger partial charge in [0, 0.05) is 6.54 Å². The lowest BCUT2D eigenvalue weighted by Crippen LogP contribution is -2.34. The highest BCUT2D eigenvalue weighted by Gasteiger charge is 2.61. The molecule has 0 aliphatic carbocycles. The molecule has 2 unspecified atom stereocenters. The van der Waals surface area contributed by atoms with Crippen molar-refractivity contribution in [2.24, 2.45) is 11.8 Å². The Hall–Kier alpha value is -0.900. The van der Waals surface area contributed by atoms with Crippen molar-refractivity contribution in [1.29, 1.82) is 0 Å². The van der Waals surface area contributed by atoms with Crippen LogP contribution < -0.4 is 0 Å². The topological polar surface area (TPSA) is 46.6 Å². The number of likely N-dealkylation sites (tertiary alicyclic amines) is 1. The van der Waals surface area contributed by atoms with Gasteiger partial charge in [-0.05, 0) is 19.3 Å². The lowest BCUT2D eigenvalue weighted by atomic mass is 9.81. The minimum atomic E-state index is -0.150. The maximum atomic E-state index is 12.0. The van der Waals surface area contributed by atoms with Gasteiger partial charge in [-0.2, -0.15) is 0 Å². The summed E-state index contributed by atoms with van der Waals surface area (Å²) in [4.78, 5) is 25.5. The SMILES string of the molecule is CCCN1C(=O)C2C(C1=O)[C@H]1CC[C@@H]2O1. The van der Waals surface area contributed by atoms with Gasteiger partial charge in [-0.3, -0.25) is 14.5 Å². The van der Waals surface area contributed by atoms with Crippen molar-refractivity contribution in [2.75, 3.05) is 6.54 Å². The predicted molar refractivity (Wildman–Crippen MR) is 51.9 cm³/mol. The van der Waals surface area contributed by atoms with Crippen LogP contribution in [0.1, 0.15) is 26.2 Å². The molecular formula is C11H15NO3. The molecule has 3 rings (SSSR count). The van der Waals surface area contributed by atoms with Crippen LogP contribution in [0, 0.1) is 11.8 Å². The summed E-state index contributed by atoms with van der Waals surface area (Å²) < 4.78 is 5.64. The number of imide groups is 1. The van der Waals surface area contributed by atoms with Crippen LogP contribution in [-0.2, 0) is 14.3 Å². The zero-order valence-electron chi connectivity index (χ0n) is 8.81. The molecule has 0 aromatic carbocycles. The number of fused-ring (bicyclic) bond motifs is 5. The highest BCUT2D eigenvalue weighted by molar-refractivity contribution is 6.06. The Labute approximate surface area is 88.6 Å². The van der Waals surface area contributed by atoms with Gasteiger partial charge in [-0.1, -0.05) is 6.92 Å². The minimum absolute atomic E-state index is 0.0130. The Morgan fingerprint density at radius 2 is 1.73 bits per heavy atom. The zero-order valence-corrected chi connectivity index (χ0v) is 8.81. The Balaban J connectivity index is 1.90. The van der Waals surface area contributed by atoms with E-state index < -0.39 is 0 Å². The van der Waals surface area contributed by atoms with Crippen molar-refractivity contribution in [2.45, 2.75) is 38.4 Å². The van der Waals surface area contributed by atoms with Crippen LogP contribution in [0.25, 0.3) is 0 Å². The fraction of sp³-hybridized carbons (Fsp3) is 0.818. The molecule has 82 valence electrons. The average molecular weight is 209 g/mol. The van der Waals surface area contributed by atoms with Crippen LogP contribution in [0.4, 0.5) is 0 Å². The molecule has 4 heteroatoms. The molecule has 15 heavy (non-hydrogen) atoms. The Morgan fingerprint density at radius 1 is 1.20 bits per heavy atom. The number of hydrogen-bond donors (Lipinski definition) is 0. The summed E-state index contributed by atoms with van der Waals surface area (Å²) in [6, 6.07) is 0. The van der Waals surface area contributed by atoms with Gasteiger partial charge in [0.1, 0.15) is 0 Å². The Morgan fingerprint density at radius 3 is 2.20 bits per heavy atom. The number of nitrogens with zero attached hydrogens (tertiary/aromatic N) is 1. The van der Waals surface area contributed by atoms with Gasteiger partial charge < -0.3 is 4.74 Å². The summed E-state index contributed by atoms with van der Waals surface area (Å²) in [5.41, 5.74) is 0. The van der Waals surface area contributed by atoms with Crippen LogP contribution >= 0.6 is 0 Å². The molecule has 3 fully saturated rings. The molecule has 3 heterocycles. The zero-order chi connectivity index (χ0) is 10.6. The summed E-state index contributed by atoms with van der Waals surface area (Å²) in [5, 5.41) is 0. The van der Waals surface area contributed by atoms with E-state index in [2.05, 4.69) is 0 Å². The van der Waals surface area contributed by atoms with Gasteiger partial charge in [0.15, 0.2) is 0 Å². The fourth-order valence-electron chi connectivity index (χ4n) is 3.22. The van der Waals surface area contributed by atoms with Crippen molar-refractivity contribution >= 4 is 11.8 Å². The van der Waals surface area contributed by atoms with Crippen LogP contribution in [0.2, 0.25) is 0 Å². The van der Waals surface area contributed by atoms with Gasteiger partial charge in [-0.15, -0.1) is 0 Å². The third kappa shape index (κ3) is 1.06. The van der Waals surface area contributed by atoms with Gasteiger partial charge in [-0.25, -0.2) is 0 Å². The van der Waals surface area contributed by atoms with Crippen molar-refractivity contribution in [3.63, 3.8) is 0 Å². The Bertz CT molecular complexity index is 300. The number of rotatable bonds is 2. The standard InChI is InChI=1S/C11H15NO3/c1-2-5-12-10(13)8-6-3-4-7(15-6)9(8)11(12)14/h6-9H,2-5H2,1H3/t6-,7+,8?,9?. The monoisotopic (exact) mass is 209 g/mol. The van der Waals surface area contributed by atoms with Crippen molar-refractivity contribution in [1.82, 2.24) is 4.90 Å². The molecule has 4 nitrogen and oxygen atoms in total. The van der Waals surface area contributed by atoms with E-state index in [0.29, 0.717) is 6.54 Å². The molecule has 0 N–H and O–H groups in total. The molecule has 0 aromatic rings. The van der Waals surface area contributed by atoms with Crippen LogP contribution in [0.3, 0.4) is 0 Å². The molecule has 3 aliphatic heterocycles. The number of carbonyl (C=O) groups is 2. The largest absolute Gasteiger partial charge is 0.373 e. The quantitative estimate of drug-likeness (QED) is 0.624. The van der Waals surface area contributed by atoms with E-state index in [9.17, 15) is 9.59 Å². The molecule has 0 aromatic heterocycles. The number of carbonyl (C=O) groups excluding carboxylic acids is 2. The van der Waals surface area contributed by atoms with E-state index in [1.165, 1.54) is 4.90 Å². The molecular weight excluding hydrogens is 194 g/mol. The van der Waals surface area contributed by atoms with Gasteiger partial charge >= 0.3 is 0 Å². The molecule has 2 amide bonds. The van der Waals surface area contributed by atoms with E-state index in [1.807, 2.05) is 6.92 Å². The molecule has 2 bridgehead atoms. The third-order valence-electron chi connectivity index (χ3n) is 3.82. The average Bonchev–Trinajstić information content (AvgIpc) is 2.87. The van der Waals surface area contributed by atoms with Crippen LogP contribution in [0.15, 0.2) is 0 Å². The first-order chi connectivity index (χ1) is 7.24. The summed E-state index contributed by atoms with van der Waals surface area (Å²) in [7, 11) is 0. The van der Waals surface area contributed by atoms with E-state index in [4.69, 9.17) is 4.74 Å². The molecule has 3 saturated heterocycles.